The van der Waals surface area contributed by atoms with Crippen LogP contribution in [0.25, 0.3) is 0 Å². The molecule has 0 aliphatic rings. The number of rotatable bonds is 4. The van der Waals surface area contributed by atoms with E-state index in [9.17, 15) is 0 Å². The molecule has 1 heterocycles. The third kappa shape index (κ3) is 3.21. The molecule has 0 aliphatic heterocycles. The van der Waals surface area contributed by atoms with E-state index in [-0.39, 0.29) is 0 Å². The van der Waals surface area contributed by atoms with E-state index in [1.807, 2.05) is 6.20 Å². The van der Waals surface area contributed by atoms with Crippen molar-refractivity contribution in [2.75, 3.05) is 0 Å². The Bertz CT molecular complexity index is 224. The highest BCUT2D eigenvalue weighted by Gasteiger charge is 2.05. The first-order valence-electron chi connectivity index (χ1n) is 5.09. The van der Waals surface area contributed by atoms with Crippen LogP contribution in [0.15, 0.2) is 12.4 Å². The van der Waals surface area contributed by atoms with Gasteiger partial charge in [0, 0.05) is 25.4 Å². The van der Waals surface area contributed by atoms with Crippen LogP contribution in [0.3, 0.4) is 0 Å². The third-order valence-electron chi connectivity index (χ3n) is 1.95. The summed E-state index contributed by atoms with van der Waals surface area (Å²) < 4.78 is 2.27. The molecule has 0 radical (unpaired) electrons. The van der Waals surface area contributed by atoms with Crippen LogP contribution in [0.2, 0.25) is 0 Å². The van der Waals surface area contributed by atoms with E-state index < -0.39 is 0 Å². The van der Waals surface area contributed by atoms with Gasteiger partial charge in [0.05, 0.1) is 0 Å². The highest BCUT2D eigenvalue weighted by atomic mass is 15.1. The summed E-state index contributed by atoms with van der Waals surface area (Å²) in [5, 5.41) is 0. The van der Waals surface area contributed by atoms with Crippen molar-refractivity contribution in [3.63, 3.8) is 0 Å². The van der Waals surface area contributed by atoms with Crippen molar-refractivity contribution >= 4 is 0 Å². The van der Waals surface area contributed by atoms with Crippen LogP contribution in [0, 0.1) is 11.8 Å². The minimum Gasteiger partial charge on any atom is -0.335 e. The maximum atomic E-state index is 4.37. The van der Waals surface area contributed by atoms with E-state index in [1.165, 1.54) is 5.82 Å². The summed E-state index contributed by atoms with van der Waals surface area (Å²) >= 11 is 0. The molecule has 0 amide bonds. The number of hydrogen-bond acceptors (Lipinski definition) is 1. The Morgan fingerprint density at radius 3 is 2.46 bits per heavy atom. The van der Waals surface area contributed by atoms with Crippen molar-refractivity contribution in [2.45, 2.75) is 40.7 Å². The molecule has 1 aromatic heterocycles. The zero-order chi connectivity index (χ0) is 9.84. The molecule has 0 aromatic carbocycles. The molecule has 2 nitrogen and oxygen atoms in total. The quantitative estimate of drug-likeness (QED) is 0.696. The van der Waals surface area contributed by atoms with Gasteiger partial charge in [-0.3, -0.25) is 0 Å². The predicted octanol–water partition coefficient (Wildman–Crippen LogP) is 2.74. The minimum absolute atomic E-state index is 0.688. The second-order valence-electron chi connectivity index (χ2n) is 4.49. The van der Waals surface area contributed by atoms with Crippen molar-refractivity contribution in [1.82, 2.24) is 9.55 Å². The van der Waals surface area contributed by atoms with Gasteiger partial charge >= 0.3 is 0 Å². The Labute approximate surface area is 81.0 Å². The van der Waals surface area contributed by atoms with Gasteiger partial charge in [-0.05, 0) is 11.8 Å². The molecule has 0 atom stereocenters. The molecule has 0 fully saturated rings. The average molecular weight is 180 g/mol. The van der Waals surface area contributed by atoms with E-state index in [0.717, 1.165) is 13.0 Å². The van der Waals surface area contributed by atoms with Gasteiger partial charge in [-0.2, -0.15) is 0 Å². The van der Waals surface area contributed by atoms with Crippen molar-refractivity contribution in [2.24, 2.45) is 11.8 Å². The van der Waals surface area contributed by atoms with Gasteiger partial charge in [0.2, 0.25) is 0 Å². The van der Waals surface area contributed by atoms with Crippen LogP contribution in [0.4, 0.5) is 0 Å². The molecule has 2 heteroatoms. The largest absolute Gasteiger partial charge is 0.335 e. The van der Waals surface area contributed by atoms with Crippen LogP contribution >= 0.6 is 0 Å². The summed E-state index contributed by atoms with van der Waals surface area (Å²) in [6.07, 6.45) is 5.07. The number of hydrogen-bond donors (Lipinski definition) is 0. The first kappa shape index (κ1) is 10.3. The molecular formula is C11H20N2. The lowest BCUT2D eigenvalue weighted by atomic mass is 10.1. The maximum absolute atomic E-state index is 4.37. The molecule has 0 saturated heterocycles. The summed E-state index contributed by atoms with van der Waals surface area (Å²) in [5.74, 6) is 2.61. The molecule has 1 rings (SSSR count). The SMILES string of the molecule is CC(C)Cc1nccn1CC(C)C. The van der Waals surface area contributed by atoms with Crippen molar-refractivity contribution in [3.8, 4) is 0 Å². The van der Waals surface area contributed by atoms with E-state index in [4.69, 9.17) is 0 Å². The molecule has 0 unspecified atom stereocenters. The first-order valence-corrected chi connectivity index (χ1v) is 5.09. The molecule has 0 bridgehead atoms. The molecule has 0 spiro atoms. The average Bonchev–Trinajstić information content (AvgIpc) is 2.34. The topological polar surface area (TPSA) is 17.8 Å². The first-order chi connectivity index (χ1) is 6.09. The fourth-order valence-electron chi connectivity index (χ4n) is 1.45. The zero-order valence-corrected chi connectivity index (χ0v) is 9.12. The van der Waals surface area contributed by atoms with E-state index >= 15 is 0 Å². The highest BCUT2D eigenvalue weighted by molar-refractivity contribution is 4.93. The van der Waals surface area contributed by atoms with Gasteiger partial charge < -0.3 is 4.57 Å². The van der Waals surface area contributed by atoms with Gasteiger partial charge in [-0.15, -0.1) is 0 Å². The Morgan fingerprint density at radius 1 is 1.23 bits per heavy atom. The maximum Gasteiger partial charge on any atom is 0.108 e. The number of imidazole rings is 1. The Kier molecular flexibility index (Phi) is 3.52. The van der Waals surface area contributed by atoms with Gasteiger partial charge in [0.15, 0.2) is 0 Å². The van der Waals surface area contributed by atoms with E-state index in [1.54, 1.807) is 0 Å². The van der Waals surface area contributed by atoms with Crippen LogP contribution in [-0.2, 0) is 13.0 Å². The van der Waals surface area contributed by atoms with E-state index in [0.29, 0.717) is 11.8 Å². The summed E-state index contributed by atoms with van der Waals surface area (Å²) in [4.78, 5) is 4.37. The normalized spacial score (nSPS) is 11.5. The lowest BCUT2D eigenvalue weighted by Gasteiger charge is -2.11. The molecule has 0 N–H and O–H groups in total. The van der Waals surface area contributed by atoms with Crippen LogP contribution in [0.5, 0.6) is 0 Å². The Balaban J connectivity index is 2.65. The molecule has 0 aliphatic carbocycles. The van der Waals surface area contributed by atoms with Crippen molar-refractivity contribution < 1.29 is 0 Å². The monoisotopic (exact) mass is 180 g/mol. The molecular weight excluding hydrogens is 160 g/mol. The second-order valence-corrected chi connectivity index (χ2v) is 4.49. The fraction of sp³-hybridized carbons (Fsp3) is 0.727. The molecule has 1 aromatic rings. The van der Waals surface area contributed by atoms with Gasteiger partial charge in [0.25, 0.3) is 0 Å². The lowest BCUT2D eigenvalue weighted by molar-refractivity contribution is 0.490. The molecule has 13 heavy (non-hydrogen) atoms. The summed E-state index contributed by atoms with van der Waals surface area (Å²) in [7, 11) is 0. The van der Waals surface area contributed by atoms with Crippen LogP contribution in [-0.4, -0.2) is 9.55 Å². The standard InChI is InChI=1S/C11H20N2/c1-9(2)7-11-12-5-6-13(11)8-10(3)4/h5-6,9-10H,7-8H2,1-4H3. The van der Waals surface area contributed by atoms with E-state index in [2.05, 4.69) is 43.4 Å². The minimum atomic E-state index is 0.688. The highest BCUT2D eigenvalue weighted by Crippen LogP contribution is 2.08. The third-order valence-corrected chi connectivity index (χ3v) is 1.95. The Hall–Kier alpha value is -0.790. The zero-order valence-electron chi connectivity index (χ0n) is 9.12. The lowest BCUT2D eigenvalue weighted by Crippen LogP contribution is -2.09. The van der Waals surface area contributed by atoms with Crippen molar-refractivity contribution in [1.29, 1.82) is 0 Å². The summed E-state index contributed by atoms with van der Waals surface area (Å²) in [6, 6.07) is 0. The molecule has 0 saturated carbocycles. The van der Waals surface area contributed by atoms with Crippen LogP contribution in [0.1, 0.15) is 33.5 Å². The second kappa shape index (κ2) is 4.45. The Morgan fingerprint density at radius 2 is 1.92 bits per heavy atom. The fourth-order valence-corrected chi connectivity index (χ4v) is 1.45. The van der Waals surface area contributed by atoms with Crippen molar-refractivity contribution in [3.05, 3.63) is 18.2 Å². The smallest absolute Gasteiger partial charge is 0.108 e. The molecule has 74 valence electrons. The number of nitrogens with zero attached hydrogens (tertiary/aromatic N) is 2. The summed E-state index contributed by atoms with van der Waals surface area (Å²) in [5.41, 5.74) is 0. The van der Waals surface area contributed by atoms with Crippen LogP contribution < -0.4 is 0 Å². The summed E-state index contributed by atoms with van der Waals surface area (Å²) in [6.45, 7) is 10.0. The predicted molar refractivity (Wildman–Crippen MR) is 55.6 cm³/mol. The number of aromatic nitrogens is 2. The van der Waals surface area contributed by atoms with Gasteiger partial charge in [-0.1, -0.05) is 27.7 Å². The van der Waals surface area contributed by atoms with Gasteiger partial charge in [0.1, 0.15) is 5.82 Å². The van der Waals surface area contributed by atoms with Gasteiger partial charge in [-0.25, -0.2) is 4.98 Å².